The van der Waals surface area contributed by atoms with Crippen LogP contribution in [0.2, 0.25) is 0 Å². The van der Waals surface area contributed by atoms with E-state index >= 15 is 0 Å². The van der Waals surface area contributed by atoms with Crippen LogP contribution in [0.15, 0.2) is 12.5 Å². The number of nitrogens with zero attached hydrogens (tertiary/aromatic N) is 1. The second-order valence-electron chi connectivity index (χ2n) is 2.23. The smallest absolute Gasteiger partial charge is 0 e. The van der Waals surface area contributed by atoms with Gasteiger partial charge in [-0.15, -0.1) is 0 Å². The number of aliphatic carboxylic acids is 1. The van der Waals surface area contributed by atoms with Crippen LogP contribution >= 0.6 is 0 Å². The number of rotatable bonds is 3. The molecule has 1 aromatic rings. The van der Waals surface area contributed by atoms with Gasteiger partial charge in [0.25, 0.3) is 0 Å². The van der Waals surface area contributed by atoms with Crippen molar-refractivity contribution >= 4 is 35.5 Å². The van der Waals surface area contributed by atoms with Crippen molar-refractivity contribution in [1.82, 2.24) is 9.97 Å². The molecule has 5 nitrogen and oxygen atoms in total. The van der Waals surface area contributed by atoms with E-state index in [0.29, 0.717) is 0 Å². The van der Waals surface area contributed by atoms with Gasteiger partial charge in [-0.2, -0.15) is 0 Å². The number of imidazole rings is 1. The van der Waals surface area contributed by atoms with Crippen molar-refractivity contribution in [2.45, 2.75) is 12.5 Å². The standard InChI is InChI=1S/C6H9N3O2.Na.Zn.H/c7-5(6(10)11)1-4-2-8-3-9-4;;;/h2-3,5H,1,7H2,(H,8,9)(H,10,11);;;/t5-;;;/m0.../s1. The van der Waals surface area contributed by atoms with E-state index in [0.717, 1.165) is 5.69 Å². The summed E-state index contributed by atoms with van der Waals surface area (Å²) in [6.07, 6.45) is 3.34. The Morgan fingerprint density at radius 3 is 2.77 bits per heavy atom. The second kappa shape index (κ2) is 7.65. The first-order valence-corrected chi connectivity index (χ1v) is 3.16. The molecule has 0 aliphatic heterocycles. The van der Waals surface area contributed by atoms with Gasteiger partial charge in [0.05, 0.1) is 6.33 Å². The van der Waals surface area contributed by atoms with E-state index in [4.69, 9.17) is 10.8 Å². The van der Waals surface area contributed by atoms with Crippen LogP contribution in [0, 0.1) is 0 Å². The summed E-state index contributed by atoms with van der Waals surface area (Å²) < 4.78 is 0. The first-order chi connectivity index (χ1) is 5.20. The predicted molar refractivity (Wildman–Crippen MR) is 45.1 cm³/mol. The molecule has 7 heteroatoms. The maximum atomic E-state index is 10.3. The van der Waals surface area contributed by atoms with Gasteiger partial charge in [-0.05, 0) is 0 Å². The van der Waals surface area contributed by atoms with Crippen LogP contribution in [0.3, 0.4) is 0 Å². The Labute approximate surface area is 111 Å². The number of nitrogens with two attached hydrogens (primary N) is 1. The van der Waals surface area contributed by atoms with Crippen molar-refractivity contribution in [3.8, 4) is 0 Å². The summed E-state index contributed by atoms with van der Waals surface area (Å²) in [5.74, 6) is -1.00. The molecule has 0 amide bonds. The monoisotopic (exact) mass is 243 g/mol. The van der Waals surface area contributed by atoms with E-state index in [1.54, 1.807) is 6.20 Å². The van der Waals surface area contributed by atoms with Crippen LogP contribution in [0.1, 0.15) is 5.69 Å². The summed E-state index contributed by atoms with van der Waals surface area (Å²) in [4.78, 5) is 16.8. The first-order valence-electron chi connectivity index (χ1n) is 3.16. The topological polar surface area (TPSA) is 92.0 Å². The average Bonchev–Trinajstić information content (AvgIpc) is 2.39. The van der Waals surface area contributed by atoms with Gasteiger partial charge in [-0.1, -0.05) is 0 Å². The SMILES string of the molecule is N[C@@H](Cc1cnc[nH]1)C(=O)O.[NaH].[Zn]. The molecule has 64 valence electrons. The molecule has 0 aliphatic carbocycles. The first kappa shape index (κ1) is 15.7. The van der Waals surface area contributed by atoms with E-state index in [-0.39, 0.29) is 55.5 Å². The molecule has 0 saturated carbocycles. The Balaban J connectivity index is 0. The van der Waals surface area contributed by atoms with Crippen LogP contribution in [0.25, 0.3) is 0 Å². The Morgan fingerprint density at radius 1 is 1.77 bits per heavy atom. The number of hydrogen-bond donors (Lipinski definition) is 3. The number of carboxylic acid groups (broad SMARTS) is 1. The molecule has 0 spiro atoms. The Morgan fingerprint density at radius 2 is 2.38 bits per heavy atom. The van der Waals surface area contributed by atoms with Crippen molar-refractivity contribution in [1.29, 1.82) is 0 Å². The van der Waals surface area contributed by atoms with E-state index in [1.807, 2.05) is 0 Å². The Bertz CT molecular complexity index is 242. The number of aromatic amines is 1. The minimum atomic E-state index is -1.00. The Kier molecular flexibility index (Phi) is 9.25. The predicted octanol–water partition coefficient (Wildman–Crippen LogP) is -1.29. The molecule has 0 saturated heterocycles. The Hall–Kier alpha value is 0.263. The number of carboxylic acids is 1. The molecule has 1 atom stereocenters. The van der Waals surface area contributed by atoms with Crippen LogP contribution in [0.4, 0.5) is 0 Å². The zero-order valence-corrected chi connectivity index (χ0v) is 9.49. The molecule has 1 aromatic heterocycles. The summed E-state index contributed by atoms with van der Waals surface area (Å²) >= 11 is 0. The van der Waals surface area contributed by atoms with Gasteiger partial charge < -0.3 is 15.8 Å². The van der Waals surface area contributed by atoms with Crippen molar-refractivity contribution in [3.05, 3.63) is 18.2 Å². The second-order valence-corrected chi connectivity index (χ2v) is 2.23. The van der Waals surface area contributed by atoms with Gasteiger partial charge in [0, 0.05) is 37.8 Å². The van der Waals surface area contributed by atoms with Gasteiger partial charge in [0.2, 0.25) is 0 Å². The van der Waals surface area contributed by atoms with Crippen molar-refractivity contribution in [2.24, 2.45) is 5.73 Å². The fourth-order valence-electron chi connectivity index (χ4n) is 0.721. The summed E-state index contributed by atoms with van der Waals surface area (Å²) in [7, 11) is 0. The molecule has 1 rings (SSSR count). The zero-order valence-electron chi connectivity index (χ0n) is 6.53. The normalized spacial score (nSPS) is 10.8. The molecule has 1 heterocycles. The molecular formula is C6H10N3NaO2Zn. The van der Waals surface area contributed by atoms with Crippen LogP contribution in [0.5, 0.6) is 0 Å². The van der Waals surface area contributed by atoms with Crippen molar-refractivity contribution in [2.75, 3.05) is 0 Å². The van der Waals surface area contributed by atoms with Crippen molar-refractivity contribution < 1.29 is 29.4 Å². The maximum Gasteiger partial charge on any atom is 0 e. The molecule has 0 bridgehead atoms. The number of aromatic nitrogens is 2. The molecule has 4 N–H and O–H groups in total. The van der Waals surface area contributed by atoms with E-state index < -0.39 is 12.0 Å². The average molecular weight is 245 g/mol. The minimum absolute atomic E-state index is 0. The third-order valence-electron chi connectivity index (χ3n) is 1.31. The largest absolute Gasteiger partial charge is 0 e. The van der Waals surface area contributed by atoms with Crippen LogP contribution < -0.4 is 5.73 Å². The molecule has 0 unspecified atom stereocenters. The van der Waals surface area contributed by atoms with E-state index in [9.17, 15) is 4.79 Å². The third kappa shape index (κ3) is 5.54. The third-order valence-corrected chi connectivity index (χ3v) is 1.31. The van der Waals surface area contributed by atoms with Gasteiger partial charge in [-0.25, -0.2) is 4.98 Å². The van der Waals surface area contributed by atoms with E-state index in [2.05, 4.69) is 9.97 Å². The minimum Gasteiger partial charge on any atom is 0 e. The molecule has 0 aliphatic rings. The quantitative estimate of drug-likeness (QED) is 0.577. The fraction of sp³-hybridized carbons (Fsp3) is 0.333. The molecule has 13 heavy (non-hydrogen) atoms. The van der Waals surface area contributed by atoms with Gasteiger partial charge in [-0.3, -0.25) is 4.79 Å². The summed E-state index contributed by atoms with van der Waals surface area (Å²) in [6.45, 7) is 0. The molecule has 0 fully saturated rings. The fourth-order valence-corrected chi connectivity index (χ4v) is 0.721. The number of nitrogens with one attached hydrogen (secondary N) is 1. The van der Waals surface area contributed by atoms with Gasteiger partial charge >= 0.3 is 35.5 Å². The van der Waals surface area contributed by atoms with Crippen LogP contribution in [-0.4, -0.2) is 56.6 Å². The molecule has 0 radical (unpaired) electrons. The van der Waals surface area contributed by atoms with Gasteiger partial charge in [0.1, 0.15) is 6.04 Å². The molecule has 0 aromatic carbocycles. The number of carbonyl (C=O) groups is 1. The summed E-state index contributed by atoms with van der Waals surface area (Å²) in [6, 6.07) is -0.851. The number of hydrogen-bond acceptors (Lipinski definition) is 3. The maximum absolute atomic E-state index is 10.3. The molecular weight excluding hydrogens is 234 g/mol. The van der Waals surface area contributed by atoms with Crippen LogP contribution in [-0.2, 0) is 30.7 Å². The zero-order chi connectivity index (χ0) is 8.27. The summed E-state index contributed by atoms with van der Waals surface area (Å²) in [5.41, 5.74) is 6.00. The van der Waals surface area contributed by atoms with Crippen molar-refractivity contribution in [3.63, 3.8) is 0 Å². The number of H-pyrrole nitrogens is 1. The summed E-state index contributed by atoms with van der Waals surface area (Å²) in [5, 5.41) is 8.42. The van der Waals surface area contributed by atoms with E-state index in [1.165, 1.54) is 6.33 Å². The van der Waals surface area contributed by atoms with Gasteiger partial charge in [0.15, 0.2) is 0 Å².